The van der Waals surface area contributed by atoms with E-state index in [1.807, 2.05) is 0 Å². The average molecular weight is 288 g/mol. The van der Waals surface area contributed by atoms with Gasteiger partial charge >= 0.3 is 0 Å². The molecule has 2 aromatic rings. The van der Waals surface area contributed by atoms with Crippen molar-refractivity contribution in [2.45, 2.75) is 11.3 Å². The van der Waals surface area contributed by atoms with Gasteiger partial charge in [-0.3, -0.25) is 4.72 Å². The second kappa shape index (κ2) is 4.50. The molecule has 1 aromatic heterocycles. The molecule has 0 aliphatic heterocycles. The van der Waals surface area contributed by atoms with E-state index < -0.39 is 15.8 Å². The lowest BCUT2D eigenvalue weighted by molar-refractivity contribution is 0.599. The van der Waals surface area contributed by atoms with Crippen molar-refractivity contribution in [1.82, 2.24) is 10.2 Å². The van der Waals surface area contributed by atoms with Crippen molar-refractivity contribution < 1.29 is 12.8 Å². The first-order valence-corrected chi connectivity index (χ1v) is 7.07. The number of rotatable bonds is 3. The smallest absolute Gasteiger partial charge is 0.291 e. The molecule has 0 atom stereocenters. The van der Waals surface area contributed by atoms with Gasteiger partial charge in [0.05, 0.1) is 5.69 Å². The Balaban J connectivity index is 2.37. The number of sulfonamides is 1. The summed E-state index contributed by atoms with van der Waals surface area (Å²) in [7, 11) is -3.88. The van der Waals surface area contributed by atoms with E-state index in [4.69, 9.17) is 5.73 Å². The number of nitrogens with two attached hydrogens (primary N) is 1. The van der Waals surface area contributed by atoms with Crippen LogP contribution >= 0.6 is 11.3 Å². The van der Waals surface area contributed by atoms with Gasteiger partial charge < -0.3 is 5.73 Å². The summed E-state index contributed by atoms with van der Waals surface area (Å²) in [5, 5.41) is 6.90. The highest BCUT2D eigenvalue weighted by molar-refractivity contribution is 7.94. The fourth-order valence-electron chi connectivity index (χ4n) is 1.24. The first-order chi connectivity index (χ1) is 8.40. The Bertz CT molecular complexity index is 684. The van der Waals surface area contributed by atoms with Crippen molar-refractivity contribution in [1.29, 1.82) is 0 Å². The molecule has 1 heterocycles. The number of anilines is 2. The maximum absolute atomic E-state index is 13.3. The number of benzene rings is 1. The first kappa shape index (κ1) is 12.7. The van der Waals surface area contributed by atoms with Crippen molar-refractivity contribution >= 4 is 32.2 Å². The average Bonchev–Trinajstić information content (AvgIpc) is 2.72. The Morgan fingerprint density at radius 3 is 2.72 bits per heavy atom. The van der Waals surface area contributed by atoms with E-state index in [1.165, 1.54) is 25.1 Å². The molecule has 9 heteroatoms. The quantitative estimate of drug-likeness (QED) is 0.888. The fraction of sp³-hybridized carbons (Fsp3) is 0.111. The molecule has 0 amide bonds. The second-order valence-corrected chi connectivity index (χ2v) is 6.29. The monoisotopic (exact) mass is 288 g/mol. The van der Waals surface area contributed by atoms with Gasteiger partial charge in [-0.2, -0.15) is 8.42 Å². The largest absolute Gasteiger partial charge is 0.374 e. The summed E-state index contributed by atoms with van der Waals surface area (Å²) >= 11 is 0.735. The molecule has 0 saturated heterocycles. The third-order valence-electron chi connectivity index (χ3n) is 2.16. The standard InChI is InChI=1S/C9H9FN4O2S2/c1-5-6(10)3-2-4-7(5)14-18(15,16)9-13-12-8(11)17-9/h2-4,14H,1H3,(H2,11,12). The van der Waals surface area contributed by atoms with E-state index in [0.29, 0.717) is 0 Å². The zero-order valence-corrected chi connectivity index (χ0v) is 10.8. The Hall–Kier alpha value is -1.74. The number of hydrogen-bond acceptors (Lipinski definition) is 6. The van der Waals surface area contributed by atoms with Gasteiger partial charge in [0.1, 0.15) is 5.82 Å². The van der Waals surface area contributed by atoms with Crippen LogP contribution < -0.4 is 10.5 Å². The third-order valence-corrected chi connectivity index (χ3v) is 4.65. The Kier molecular flexibility index (Phi) is 3.18. The van der Waals surface area contributed by atoms with Crippen LogP contribution in [0.1, 0.15) is 5.56 Å². The molecule has 0 bridgehead atoms. The summed E-state index contributed by atoms with van der Waals surface area (Å²) in [6.45, 7) is 1.47. The molecule has 0 saturated carbocycles. The molecule has 18 heavy (non-hydrogen) atoms. The summed E-state index contributed by atoms with van der Waals surface area (Å²) in [6.07, 6.45) is 0. The fourth-order valence-corrected chi connectivity index (χ4v) is 3.14. The van der Waals surface area contributed by atoms with Crippen LogP contribution in [-0.2, 0) is 10.0 Å². The molecular formula is C9H9FN4O2S2. The van der Waals surface area contributed by atoms with Crippen LogP contribution in [0.2, 0.25) is 0 Å². The lowest BCUT2D eigenvalue weighted by Crippen LogP contribution is -2.14. The molecule has 0 unspecified atom stereocenters. The van der Waals surface area contributed by atoms with Crippen LogP contribution in [0.5, 0.6) is 0 Å². The molecule has 6 nitrogen and oxygen atoms in total. The number of hydrogen-bond donors (Lipinski definition) is 2. The lowest BCUT2D eigenvalue weighted by atomic mass is 10.2. The molecule has 96 valence electrons. The molecule has 0 aliphatic carbocycles. The van der Waals surface area contributed by atoms with Gasteiger partial charge in [0, 0.05) is 5.56 Å². The molecular weight excluding hydrogens is 279 g/mol. The highest BCUT2D eigenvalue weighted by Crippen LogP contribution is 2.23. The van der Waals surface area contributed by atoms with Gasteiger partial charge in [0.15, 0.2) is 0 Å². The SMILES string of the molecule is Cc1c(F)cccc1NS(=O)(=O)c1nnc(N)s1. The molecule has 2 rings (SSSR count). The maximum Gasteiger partial charge on any atom is 0.291 e. The van der Waals surface area contributed by atoms with Crippen molar-refractivity contribution in [3.05, 3.63) is 29.6 Å². The van der Waals surface area contributed by atoms with E-state index in [1.54, 1.807) is 0 Å². The number of nitrogen functional groups attached to an aromatic ring is 1. The zero-order valence-electron chi connectivity index (χ0n) is 9.21. The highest BCUT2D eigenvalue weighted by Gasteiger charge is 2.20. The van der Waals surface area contributed by atoms with E-state index in [2.05, 4.69) is 14.9 Å². The normalized spacial score (nSPS) is 11.4. The molecule has 1 aromatic carbocycles. The number of nitrogens with zero attached hydrogens (tertiary/aromatic N) is 2. The van der Waals surface area contributed by atoms with E-state index >= 15 is 0 Å². The summed E-state index contributed by atoms with van der Waals surface area (Å²) in [6, 6.07) is 4.12. The van der Waals surface area contributed by atoms with Crippen LogP contribution in [0, 0.1) is 12.7 Å². The van der Waals surface area contributed by atoms with Crippen molar-refractivity contribution in [3.63, 3.8) is 0 Å². The van der Waals surface area contributed by atoms with Gasteiger partial charge in [0.25, 0.3) is 14.4 Å². The highest BCUT2D eigenvalue weighted by atomic mass is 32.2. The Morgan fingerprint density at radius 1 is 1.39 bits per heavy atom. The second-order valence-electron chi connectivity index (χ2n) is 3.42. The van der Waals surface area contributed by atoms with Crippen molar-refractivity contribution in [3.8, 4) is 0 Å². The molecule has 3 N–H and O–H groups in total. The third kappa shape index (κ3) is 2.41. The van der Waals surface area contributed by atoms with Gasteiger partial charge in [-0.15, -0.1) is 10.2 Å². The summed E-state index contributed by atoms with van der Waals surface area (Å²) in [5.41, 5.74) is 5.68. The van der Waals surface area contributed by atoms with Gasteiger partial charge in [0.2, 0.25) is 5.13 Å². The first-order valence-electron chi connectivity index (χ1n) is 4.77. The van der Waals surface area contributed by atoms with Gasteiger partial charge in [-0.25, -0.2) is 4.39 Å². The summed E-state index contributed by atoms with van der Waals surface area (Å²) < 4.78 is 39.1. The molecule has 0 radical (unpaired) electrons. The van der Waals surface area contributed by atoms with Crippen LogP contribution in [0.15, 0.2) is 22.5 Å². The Labute approximate surface area is 107 Å². The summed E-state index contributed by atoms with van der Waals surface area (Å²) in [5.74, 6) is -0.494. The Morgan fingerprint density at radius 2 is 2.11 bits per heavy atom. The summed E-state index contributed by atoms with van der Waals surface area (Å²) in [4.78, 5) is 0. The predicted octanol–water partition coefficient (Wildman–Crippen LogP) is 1.37. The van der Waals surface area contributed by atoms with Crippen molar-refractivity contribution in [2.75, 3.05) is 10.5 Å². The molecule has 0 spiro atoms. The van der Waals surface area contributed by atoms with Crippen LogP contribution in [-0.4, -0.2) is 18.6 Å². The number of aromatic nitrogens is 2. The van der Waals surface area contributed by atoms with E-state index in [0.717, 1.165) is 11.3 Å². The predicted molar refractivity (Wildman–Crippen MR) is 66.3 cm³/mol. The number of halogens is 1. The molecule has 0 fully saturated rings. The van der Waals surface area contributed by atoms with Crippen molar-refractivity contribution in [2.24, 2.45) is 0 Å². The van der Waals surface area contributed by atoms with Crippen LogP contribution in [0.3, 0.4) is 0 Å². The van der Waals surface area contributed by atoms with Crippen LogP contribution in [0.25, 0.3) is 0 Å². The minimum atomic E-state index is -3.88. The number of nitrogens with one attached hydrogen (secondary N) is 1. The topological polar surface area (TPSA) is 98.0 Å². The lowest BCUT2D eigenvalue weighted by Gasteiger charge is -2.08. The van der Waals surface area contributed by atoms with E-state index in [-0.39, 0.29) is 20.7 Å². The van der Waals surface area contributed by atoms with E-state index in [9.17, 15) is 12.8 Å². The molecule has 0 aliphatic rings. The zero-order chi connectivity index (χ0) is 13.3. The minimum absolute atomic E-state index is 0.0475. The van der Waals surface area contributed by atoms with Crippen LogP contribution in [0.4, 0.5) is 15.2 Å². The minimum Gasteiger partial charge on any atom is -0.374 e. The maximum atomic E-state index is 13.3. The van der Waals surface area contributed by atoms with Gasteiger partial charge in [-0.1, -0.05) is 17.4 Å². The van der Waals surface area contributed by atoms with Gasteiger partial charge in [-0.05, 0) is 19.1 Å².